The zero-order valence-electron chi connectivity index (χ0n) is 40.0. The van der Waals surface area contributed by atoms with Gasteiger partial charge in [-0.3, -0.25) is 0 Å². The third-order valence-electron chi connectivity index (χ3n) is 17.0. The van der Waals surface area contributed by atoms with E-state index in [0.29, 0.717) is 0 Å². The molecule has 2 spiro atoms. The number of hydrogen-bond acceptors (Lipinski definition) is 2. The summed E-state index contributed by atoms with van der Waals surface area (Å²) in [5.41, 5.74) is 31.8. The molecule has 0 amide bonds. The maximum Gasteiger partial charge on any atom is 0.0736 e. The van der Waals surface area contributed by atoms with Gasteiger partial charge in [0.1, 0.15) is 0 Å². The summed E-state index contributed by atoms with van der Waals surface area (Å²) in [4.78, 5) is 18.5. The minimum atomic E-state index is -0.455. The molecular weight excluding hydrogens is 897 g/mol. The molecule has 0 saturated carbocycles. The van der Waals surface area contributed by atoms with Gasteiger partial charge in [0.05, 0.1) is 33.6 Å². The molecule has 342 valence electrons. The van der Waals surface area contributed by atoms with E-state index in [1.165, 1.54) is 89.0 Å². The number of fused-ring (bicyclic) bond motifs is 28. The summed E-state index contributed by atoms with van der Waals surface area (Å²) < 4.78 is 0. The Bertz CT molecular complexity index is 4160. The zero-order valence-corrected chi connectivity index (χ0v) is 40.0. The fourth-order valence-electron chi connectivity index (χ4n) is 14.2. The summed E-state index contributed by atoms with van der Waals surface area (Å²) in [6, 6.07) is 81.2. The lowest BCUT2D eigenvalue weighted by Gasteiger charge is -2.30. The fourth-order valence-corrected chi connectivity index (χ4v) is 14.2. The number of H-pyrrole nitrogens is 2. The van der Waals surface area contributed by atoms with E-state index in [4.69, 9.17) is 9.97 Å². The second-order valence-corrected chi connectivity index (χ2v) is 20.5. The van der Waals surface area contributed by atoms with Gasteiger partial charge in [-0.15, -0.1) is 0 Å². The first kappa shape index (κ1) is 40.0. The minimum absolute atomic E-state index is 0.455. The van der Waals surface area contributed by atoms with Crippen LogP contribution in [0.25, 0.3) is 113 Å². The van der Waals surface area contributed by atoms with Crippen LogP contribution in [-0.4, -0.2) is 19.9 Å². The maximum absolute atomic E-state index is 5.42. The molecule has 2 N–H and O–H groups in total. The van der Waals surface area contributed by atoms with Crippen molar-refractivity contribution in [3.05, 3.63) is 286 Å². The highest BCUT2D eigenvalue weighted by Crippen LogP contribution is 2.65. The Balaban J connectivity index is 0.870. The molecule has 17 rings (SSSR count). The van der Waals surface area contributed by atoms with Crippen LogP contribution in [0, 0.1) is 0 Å². The van der Waals surface area contributed by atoms with Crippen LogP contribution in [0.3, 0.4) is 0 Å². The van der Waals surface area contributed by atoms with Gasteiger partial charge in [0.2, 0.25) is 0 Å². The van der Waals surface area contributed by atoms with E-state index in [0.717, 1.165) is 67.1 Å². The molecular formula is C70H42N4. The molecule has 3 aromatic heterocycles. The van der Waals surface area contributed by atoms with Crippen LogP contribution >= 0.6 is 0 Å². The number of rotatable bonds is 2. The van der Waals surface area contributed by atoms with Gasteiger partial charge >= 0.3 is 0 Å². The second-order valence-electron chi connectivity index (χ2n) is 20.5. The smallest absolute Gasteiger partial charge is 0.0736 e. The number of nitrogens with zero attached hydrogens (tertiary/aromatic N) is 2. The van der Waals surface area contributed by atoms with Gasteiger partial charge in [0.15, 0.2) is 0 Å². The van der Waals surface area contributed by atoms with Gasteiger partial charge in [-0.2, -0.15) is 0 Å². The Morgan fingerprint density at radius 1 is 0.270 bits per heavy atom. The van der Waals surface area contributed by atoms with Crippen molar-refractivity contribution in [2.24, 2.45) is 0 Å². The van der Waals surface area contributed by atoms with Crippen LogP contribution in [0.2, 0.25) is 0 Å². The lowest BCUT2D eigenvalue weighted by molar-refractivity contribution is 0.794. The second kappa shape index (κ2) is 14.5. The van der Waals surface area contributed by atoms with Crippen LogP contribution < -0.4 is 0 Å². The summed E-state index contributed by atoms with van der Waals surface area (Å²) in [6.45, 7) is 0. The first-order valence-electron chi connectivity index (χ1n) is 25.6. The predicted molar refractivity (Wildman–Crippen MR) is 302 cm³/mol. The summed E-state index contributed by atoms with van der Waals surface area (Å²) in [6.07, 6.45) is 8.63. The molecule has 4 aliphatic carbocycles. The topological polar surface area (TPSA) is 57.4 Å². The van der Waals surface area contributed by atoms with E-state index in [-0.39, 0.29) is 0 Å². The van der Waals surface area contributed by atoms with Crippen molar-refractivity contribution < 1.29 is 0 Å². The standard InChI is InChI=1S/C70H42N4/c1-7-19-55-47(13-1)48-14-2-8-20-56(48)69(55)59-23-11-5-17-51(59)53-31-25-41(37-61(53)69)67-63-33-27-43(71-63)39-45-29-35-65(73-45)68(66-36-30-46(74-66)40-44-28-34-64(67)72-44)42-26-32-54-52-18-6-12-24-60(52)70(62(54)38-42)57-21-9-3-15-49(57)50-16-4-10-22-58(50)70/h1-40,71,74H. The number of hydrogen-bond donors (Lipinski definition) is 2. The van der Waals surface area contributed by atoms with E-state index in [2.05, 4.69) is 253 Å². The van der Waals surface area contributed by atoms with Gasteiger partial charge < -0.3 is 9.97 Å². The molecule has 0 radical (unpaired) electrons. The highest BCUT2D eigenvalue weighted by Gasteiger charge is 2.53. The van der Waals surface area contributed by atoms with Crippen molar-refractivity contribution in [2.75, 3.05) is 0 Å². The van der Waals surface area contributed by atoms with Crippen molar-refractivity contribution in [2.45, 2.75) is 10.8 Å². The molecule has 4 nitrogen and oxygen atoms in total. The maximum atomic E-state index is 5.42. The number of aromatic amines is 2. The normalized spacial score (nSPS) is 14.6. The van der Waals surface area contributed by atoms with Crippen LogP contribution in [0.15, 0.2) is 218 Å². The molecule has 4 heteroatoms. The van der Waals surface area contributed by atoms with E-state index in [1.54, 1.807) is 0 Å². The van der Waals surface area contributed by atoms with Gasteiger partial charge in [-0.1, -0.05) is 170 Å². The average Bonchev–Trinajstić information content (AvgIpc) is 4.38. The molecule has 0 fully saturated rings. The molecule has 6 aliphatic rings. The van der Waals surface area contributed by atoms with Gasteiger partial charge in [0, 0.05) is 33.2 Å². The lowest BCUT2D eigenvalue weighted by Crippen LogP contribution is -2.25. The Morgan fingerprint density at radius 2 is 0.581 bits per heavy atom. The first-order chi connectivity index (χ1) is 36.6. The average molecular weight is 939 g/mol. The largest absolute Gasteiger partial charge is 0.355 e. The van der Waals surface area contributed by atoms with Crippen molar-refractivity contribution in [3.8, 4) is 66.8 Å². The number of benzene rings is 8. The Hall–Kier alpha value is -9.64. The monoisotopic (exact) mass is 938 g/mol. The highest BCUT2D eigenvalue weighted by molar-refractivity contribution is 6.01. The van der Waals surface area contributed by atoms with E-state index >= 15 is 0 Å². The molecule has 74 heavy (non-hydrogen) atoms. The number of aromatic nitrogens is 4. The Morgan fingerprint density at radius 3 is 0.919 bits per heavy atom. The third kappa shape index (κ3) is 5.11. The van der Waals surface area contributed by atoms with E-state index in [9.17, 15) is 0 Å². The zero-order chi connectivity index (χ0) is 48.3. The molecule has 8 bridgehead atoms. The van der Waals surface area contributed by atoms with Crippen molar-refractivity contribution >= 4 is 46.4 Å². The van der Waals surface area contributed by atoms with Crippen molar-refractivity contribution in [1.29, 1.82) is 0 Å². The Kier molecular flexibility index (Phi) is 7.84. The SMILES string of the molecule is C1=Cc2nc1cc1ccc([nH]1)c(-c1ccc3c(c1)C1(c4ccccc4-c4ccccc41)c1ccccc1-3)c1nc(cc3ccc([nH]3)c2-c2ccc3c(c2)C2(c4ccccc4-c4ccccc42)c2ccccc2-3)C=C1. The molecule has 0 unspecified atom stereocenters. The van der Waals surface area contributed by atoms with Crippen LogP contribution in [0.5, 0.6) is 0 Å². The van der Waals surface area contributed by atoms with E-state index in [1.807, 2.05) is 0 Å². The van der Waals surface area contributed by atoms with Gasteiger partial charge in [-0.25, -0.2) is 9.97 Å². The van der Waals surface area contributed by atoms with Crippen LogP contribution in [0.4, 0.5) is 0 Å². The Labute approximate surface area is 427 Å². The summed E-state index contributed by atoms with van der Waals surface area (Å²) in [5.74, 6) is 0. The first-order valence-corrected chi connectivity index (χ1v) is 25.6. The van der Waals surface area contributed by atoms with Crippen molar-refractivity contribution in [1.82, 2.24) is 19.9 Å². The molecule has 0 saturated heterocycles. The summed E-state index contributed by atoms with van der Waals surface area (Å²) >= 11 is 0. The number of nitrogens with one attached hydrogen (secondary N) is 2. The van der Waals surface area contributed by atoms with Gasteiger partial charge in [0.25, 0.3) is 0 Å². The summed E-state index contributed by atoms with van der Waals surface area (Å²) in [5, 5.41) is 0. The lowest BCUT2D eigenvalue weighted by atomic mass is 9.70. The van der Waals surface area contributed by atoms with Crippen LogP contribution in [0.1, 0.15) is 67.3 Å². The highest BCUT2D eigenvalue weighted by atomic mass is 14.8. The molecule has 8 aromatic carbocycles. The van der Waals surface area contributed by atoms with Gasteiger partial charge in [-0.05, 0) is 173 Å². The molecule has 11 aromatic rings. The minimum Gasteiger partial charge on any atom is -0.355 e. The summed E-state index contributed by atoms with van der Waals surface area (Å²) in [7, 11) is 0. The molecule has 5 heterocycles. The van der Waals surface area contributed by atoms with E-state index < -0.39 is 10.8 Å². The fraction of sp³-hybridized carbons (Fsp3) is 0.0286. The molecule has 2 aliphatic heterocycles. The third-order valence-corrected chi connectivity index (χ3v) is 17.0. The quantitative estimate of drug-likeness (QED) is 0.181. The molecule has 0 atom stereocenters. The predicted octanol–water partition coefficient (Wildman–Crippen LogP) is 16.7. The van der Waals surface area contributed by atoms with Crippen molar-refractivity contribution in [3.63, 3.8) is 0 Å². The van der Waals surface area contributed by atoms with Crippen LogP contribution in [-0.2, 0) is 10.8 Å².